The van der Waals surface area contributed by atoms with Crippen LogP contribution in [0.1, 0.15) is 201 Å². The number of aliphatic hydroxyl groups excluding tert-OH is 1. The topological polar surface area (TPSA) is 89.9 Å². The van der Waals surface area contributed by atoms with Gasteiger partial charge in [0, 0.05) is 19.3 Å². The van der Waals surface area contributed by atoms with Crippen LogP contribution in [-0.2, 0) is 23.9 Å². The second-order valence-electron chi connectivity index (χ2n) is 14.2. The number of unbranched alkanes of at least 4 members (excludes halogenated alkanes) is 21. The van der Waals surface area contributed by atoms with Gasteiger partial charge < -0.3 is 14.6 Å². The fourth-order valence-electron chi connectivity index (χ4n) is 5.78. The lowest BCUT2D eigenvalue weighted by Crippen LogP contribution is -2.28. The van der Waals surface area contributed by atoms with E-state index in [1.807, 2.05) is 12.2 Å². The number of allylic oxidation sites excluding steroid dienone is 4. The predicted molar refractivity (Wildman–Crippen MR) is 201 cm³/mol. The minimum atomic E-state index is -0.798. The summed E-state index contributed by atoms with van der Waals surface area (Å²) in [6.07, 6.45) is 37.9. The van der Waals surface area contributed by atoms with E-state index in [9.17, 15) is 19.5 Å². The summed E-state index contributed by atoms with van der Waals surface area (Å²) in [6.45, 7) is 6.32. The average molecular weight is 677 g/mol. The second-order valence-corrected chi connectivity index (χ2v) is 14.2. The molecular weight excluding hydrogens is 600 g/mol. The number of esters is 2. The van der Waals surface area contributed by atoms with Gasteiger partial charge in [-0.1, -0.05) is 167 Å². The molecule has 0 amide bonds. The van der Waals surface area contributed by atoms with Crippen LogP contribution >= 0.6 is 0 Å². The molecule has 0 rings (SSSR count). The van der Waals surface area contributed by atoms with Crippen molar-refractivity contribution in [3.63, 3.8) is 0 Å². The summed E-state index contributed by atoms with van der Waals surface area (Å²) < 4.78 is 10.6. The van der Waals surface area contributed by atoms with E-state index >= 15 is 0 Å². The van der Waals surface area contributed by atoms with Gasteiger partial charge in [-0.15, -0.1) is 0 Å². The summed E-state index contributed by atoms with van der Waals surface area (Å²) >= 11 is 0. The van der Waals surface area contributed by atoms with Gasteiger partial charge in [0.15, 0.2) is 11.9 Å². The van der Waals surface area contributed by atoms with Crippen LogP contribution in [0.3, 0.4) is 0 Å². The standard InChI is InChI=1S/C42H76O6/c1-4-5-26-32-39(44)33-28-23-19-15-13-17-21-25-30-35-42(46)48-40(36-43)37-47-41(45)34-29-24-20-16-12-10-8-6-7-9-11-14-18-22-27-31-38(2)3/h19,23,28,33,38,40,43H,4-18,20-22,24-27,29-32,34-37H2,1-3H3/b23-19-,33-28+/t40-/m0/s1. The van der Waals surface area contributed by atoms with Crippen molar-refractivity contribution in [3.05, 3.63) is 24.3 Å². The van der Waals surface area contributed by atoms with Gasteiger partial charge in [-0.3, -0.25) is 14.4 Å². The zero-order valence-electron chi connectivity index (χ0n) is 31.7. The SMILES string of the molecule is CCCCCC(=O)/C=C/C=C\CCCCCCCC(=O)O[C@@H](CO)COC(=O)CCCCCCCCCCCCCCCCCC(C)C. The first kappa shape index (κ1) is 46.0. The first-order valence-corrected chi connectivity index (χ1v) is 20.2. The Labute approximate surface area is 296 Å². The summed E-state index contributed by atoms with van der Waals surface area (Å²) in [5.41, 5.74) is 0. The van der Waals surface area contributed by atoms with E-state index in [2.05, 4.69) is 26.8 Å². The maximum atomic E-state index is 12.2. The number of carbonyl (C=O) groups excluding carboxylic acids is 3. The lowest BCUT2D eigenvalue weighted by atomic mass is 10.0. The van der Waals surface area contributed by atoms with Crippen LogP contribution in [0.2, 0.25) is 0 Å². The lowest BCUT2D eigenvalue weighted by molar-refractivity contribution is -0.161. The Hall–Kier alpha value is -1.95. The van der Waals surface area contributed by atoms with Gasteiger partial charge in [-0.25, -0.2) is 0 Å². The molecule has 0 bridgehead atoms. The normalized spacial score (nSPS) is 12.4. The van der Waals surface area contributed by atoms with Gasteiger partial charge in [0.05, 0.1) is 6.61 Å². The molecule has 0 saturated heterocycles. The highest BCUT2D eigenvalue weighted by molar-refractivity contribution is 5.89. The maximum absolute atomic E-state index is 12.2. The monoisotopic (exact) mass is 677 g/mol. The van der Waals surface area contributed by atoms with Crippen LogP contribution in [0.4, 0.5) is 0 Å². The highest BCUT2D eigenvalue weighted by Gasteiger charge is 2.16. The van der Waals surface area contributed by atoms with Crippen LogP contribution in [0.25, 0.3) is 0 Å². The molecule has 1 N–H and O–H groups in total. The molecule has 280 valence electrons. The zero-order chi connectivity index (χ0) is 35.3. The Balaban J connectivity index is 3.59. The van der Waals surface area contributed by atoms with Crippen LogP contribution in [0.15, 0.2) is 24.3 Å². The molecule has 0 aromatic heterocycles. The first-order chi connectivity index (χ1) is 23.4. The van der Waals surface area contributed by atoms with Gasteiger partial charge >= 0.3 is 11.9 Å². The number of ketones is 1. The molecule has 6 heteroatoms. The summed E-state index contributed by atoms with van der Waals surface area (Å²) in [4.78, 5) is 35.9. The molecule has 1 atom stereocenters. The Bertz CT molecular complexity index is 802. The summed E-state index contributed by atoms with van der Waals surface area (Å²) in [6, 6.07) is 0. The average Bonchev–Trinajstić information content (AvgIpc) is 3.06. The van der Waals surface area contributed by atoms with Crippen molar-refractivity contribution >= 4 is 17.7 Å². The van der Waals surface area contributed by atoms with E-state index in [0.29, 0.717) is 19.3 Å². The molecule has 0 aromatic carbocycles. The number of hydrogen-bond donors (Lipinski definition) is 1. The molecule has 0 fully saturated rings. The third kappa shape index (κ3) is 35.4. The summed E-state index contributed by atoms with van der Waals surface area (Å²) in [5.74, 6) is 0.403. The quantitative estimate of drug-likeness (QED) is 0.0307. The first-order valence-electron chi connectivity index (χ1n) is 20.2. The Morgan fingerprint density at radius 2 is 1.06 bits per heavy atom. The molecule has 6 nitrogen and oxygen atoms in total. The molecule has 0 spiro atoms. The van der Waals surface area contributed by atoms with E-state index in [1.165, 1.54) is 83.5 Å². The maximum Gasteiger partial charge on any atom is 0.306 e. The lowest BCUT2D eigenvalue weighted by Gasteiger charge is -2.15. The van der Waals surface area contributed by atoms with Crippen molar-refractivity contribution in [2.24, 2.45) is 5.92 Å². The highest BCUT2D eigenvalue weighted by Crippen LogP contribution is 2.15. The Kier molecular flexibility index (Phi) is 34.9. The molecule has 0 aliphatic heterocycles. The van der Waals surface area contributed by atoms with Crippen LogP contribution in [0.5, 0.6) is 0 Å². The van der Waals surface area contributed by atoms with Gasteiger partial charge in [0.25, 0.3) is 0 Å². The fraction of sp³-hybridized carbons (Fsp3) is 0.833. The second kappa shape index (κ2) is 36.3. The highest BCUT2D eigenvalue weighted by atomic mass is 16.6. The molecule has 0 saturated carbocycles. The fourth-order valence-corrected chi connectivity index (χ4v) is 5.78. The van der Waals surface area contributed by atoms with E-state index < -0.39 is 6.10 Å². The van der Waals surface area contributed by atoms with Crippen molar-refractivity contribution in [3.8, 4) is 0 Å². The van der Waals surface area contributed by atoms with Crippen LogP contribution in [-0.4, -0.2) is 42.1 Å². The van der Waals surface area contributed by atoms with Crippen molar-refractivity contribution in [2.75, 3.05) is 13.2 Å². The van der Waals surface area contributed by atoms with Crippen molar-refractivity contribution in [1.29, 1.82) is 0 Å². The third-order valence-electron chi connectivity index (χ3n) is 8.90. The molecule has 0 radical (unpaired) electrons. The van der Waals surface area contributed by atoms with E-state index in [1.54, 1.807) is 6.08 Å². The Morgan fingerprint density at radius 1 is 0.583 bits per heavy atom. The minimum absolute atomic E-state index is 0.0882. The minimum Gasteiger partial charge on any atom is -0.462 e. The van der Waals surface area contributed by atoms with E-state index in [4.69, 9.17) is 9.47 Å². The van der Waals surface area contributed by atoms with Crippen molar-refractivity contribution in [2.45, 2.75) is 207 Å². The predicted octanol–water partition coefficient (Wildman–Crippen LogP) is 11.7. The molecule has 0 unspecified atom stereocenters. The number of aliphatic hydroxyl groups is 1. The van der Waals surface area contributed by atoms with Crippen LogP contribution in [0, 0.1) is 5.92 Å². The number of ether oxygens (including phenoxy) is 2. The Morgan fingerprint density at radius 3 is 1.58 bits per heavy atom. The molecule has 0 aliphatic carbocycles. The smallest absolute Gasteiger partial charge is 0.306 e. The third-order valence-corrected chi connectivity index (χ3v) is 8.90. The molecular formula is C42H76O6. The largest absolute Gasteiger partial charge is 0.462 e. The number of rotatable bonds is 36. The molecule has 0 aromatic rings. The molecule has 48 heavy (non-hydrogen) atoms. The van der Waals surface area contributed by atoms with Gasteiger partial charge in [0.1, 0.15) is 6.61 Å². The van der Waals surface area contributed by atoms with Gasteiger partial charge in [-0.05, 0) is 44.1 Å². The number of hydrogen-bond acceptors (Lipinski definition) is 6. The summed E-state index contributed by atoms with van der Waals surface area (Å²) in [5, 5.41) is 9.55. The molecule has 0 aliphatic rings. The van der Waals surface area contributed by atoms with Gasteiger partial charge in [-0.2, -0.15) is 0 Å². The number of carbonyl (C=O) groups is 3. The van der Waals surface area contributed by atoms with E-state index in [-0.39, 0.29) is 30.9 Å². The summed E-state index contributed by atoms with van der Waals surface area (Å²) in [7, 11) is 0. The van der Waals surface area contributed by atoms with Crippen molar-refractivity contribution in [1.82, 2.24) is 0 Å². The van der Waals surface area contributed by atoms with Crippen LogP contribution < -0.4 is 0 Å². The van der Waals surface area contributed by atoms with E-state index in [0.717, 1.165) is 83.0 Å². The van der Waals surface area contributed by atoms with Crippen molar-refractivity contribution < 1.29 is 29.0 Å². The van der Waals surface area contributed by atoms with Gasteiger partial charge in [0.2, 0.25) is 0 Å². The molecule has 0 heterocycles. The zero-order valence-corrected chi connectivity index (χ0v) is 31.7.